The van der Waals surface area contributed by atoms with E-state index in [0.717, 1.165) is 49.8 Å². The van der Waals surface area contributed by atoms with Crippen molar-refractivity contribution in [3.63, 3.8) is 0 Å². The van der Waals surface area contributed by atoms with E-state index in [9.17, 15) is 0 Å². The zero-order valence-electron chi connectivity index (χ0n) is 16.0. The lowest BCUT2D eigenvalue weighted by Gasteiger charge is -2.23. The lowest BCUT2D eigenvalue weighted by molar-refractivity contribution is 0.139. The number of fused-ring (bicyclic) bond motifs is 1. The molecule has 5 heteroatoms. The summed E-state index contributed by atoms with van der Waals surface area (Å²) in [6.07, 6.45) is 1.20. The van der Waals surface area contributed by atoms with Crippen molar-refractivity contribution in [2.75, 3.05) is 13.7 Å². The van der Waals surface area contributed by atoms with E-state index in [1.165, 1.54) is 16.8 Å². The summed E-state index contributed by atoms with van der Waals surface area (Å²) >= 11 is 0. The molecule has 2 heterocycles. The molecule has 1 unspecified atom stereocenters. The summed E-state index contributed by atoms with van der Waals surface area (Å²) in [5.74, 6) is 1.86. The quantitative estimate of drug-likeness (QED) is 0.830. The first kappa shape index (κ1) is 17.8. The number of benzene rings is 1. The monoisotopic (exact) mass is 343 g/mol. The minimum absolute atomic E-state index is 0.205. The van der Waals surface area contributed by atoms with Crippen molar-refractivity contribution in [2.24, 2.45) is 0 Å². The summed E-state index contributed by atoms with van der Waals surface area (Å²) in [4.78, 5) is 2.47. The van der Waals surface area contributed by atoms with Gasteiger partial charge in [-0.1, -0.05) is 6.92 Å². The minimum atomic E-state index is 0.205. The van der Waals surface area contributed by atoms with E-state index in [4.69, 9.17) is 9.47 Å². The topological polar surface area (TPSA) is 39.5 Å². The fraction of sp³-hybridized carbons (Fsp3) is 0.550. The zero-order chi connectivity index (χ0) is 18.0. The van der Waals surface area contributed by atoms with Crippen molar-refractivity contribution in [1.82, 2.24) is 14.7 Å². The maximum atomic E-state index is 6.24. The third-order valence-corrected chi connectivity index (χ3v) is 5.09. The van der Waals surface area contributed by atoms with Crippen LogP contribution in [0.3, 0.4) is 0 Å². The standard InChI is InChI=1S/C20H29N3O2/c1-6-17-12-22(13-19-14(3)21-23(7-2)15(19)4)11-16-10-18(24-5)8-9-20(16)25-17/h8-10,17H,6-7,11-13H2,1-5H3. The van der Waals surface area contributed by atoms with E-state index in [1.807, 2.05) is 12.1 Å². The SMILES string of the molecule is CCC1CN(Cc2c(C)nn(CC)c2C)Cc2cc(OC)ccc2O1. The maximum Gasteiger partial charge on any atom is 0.124 e. The predicted molar refractivity (Wildman–Crippen MR) is 99.2 cm³/mol. The van der Waals surface area contributed by atoms with Gasteiger partial charge in [0.15, 0.2) is 0 Å². The van der Waals surface area contributed by atoms with Crippen molar-refractivity contribution in [3.05, 3.63) is 40.7 Å². The van der Waals surface area contributed by atoms with Crippen molar-refractivity contribution < 1.29 is 9.47 Å². The molecule has 1 aliphatic rings. The molecule has 0 saturated carbocycles. The van der Waals surface area contributed by atoms with E-state index < -0.39 is 0 Å². The largest absolute Gasteiger partial charge is 0.497 e. The Morgan fingerprint density at radius 3 is 2.72 bits per heavy atom. The molecule has 0 saturated heterocycles. The van der Waals surface area contributed by atoms with Crippen molar-refractivity contribution >= 4 is 0 Å². The molecule has 0 N–H and O–H groups in total. The van der Waals surface area contributed by atoms with E-state index in [0.29, 0.717) is 0 Å². The molecule has 136 valence electrons. The number of rotatable bonds is 5. The number of aromatic nitrogens is 2. The Labute approximate surface area is 150 Å². The molecule has 0 aliphatic carbocycles. The van der Waals surface area contributed by atoms with Gasteiger partial charge in [0.2, 0.25) is 0 Å². The summed E-state index contributed by atoms with van der Waals surface area (Å²) in [5.41, 5.74) is 4.92. The highest BCUT2D eigenvalue weighted by molar-refractivity contribution is 5.41. The van der Waals surface area contributed by atoms with Gasteiger partial charge >= 0.3 is 0 Å². The number of hydrogen-bond donors (Lipinski definition) is 0. The lowest BCUT2D eigenvalue weighted by atomic mass is 10.1. The molecule has 0 bridgehead atoms. The first-order valence-corrected chi connectivity index (χ1v) is 9.14. The molecule has 0 radical (unpaired) electrons. The third kappa shape index (κ3) is 3.66. The fourth-order valence-corrected chi connectivity index (χ4v) is 3.56. The Kier molecular flexibility index (Phi) is 5.33. The van der Waals surface area contributed by atoms with Crippen LogP contribution in [0.25, 0.3) is 0 Å². The summed E-state index contributed by atoms with van der Waals surface area (Å²) in [5, 5.41) is 4.67. The summed E-state index contributed by atoms with van der Waals surface area (Å²) < 4.78 is 13.7. The van der Waals surface area contributed by atoms with E-state index in [1.54, 1.807) is 7.11 Å². The fourth-order valence-electron chi connectivity index (χ4n) is 3.56. The van der Waals surface area contributed by atoms with E-state index in [-0.39, 0.29) is 6.10 Å². The van der Waals surface area contributed by atoms with Gasteiger partial charge in [-0.3, -0.25) is 9.58 Å². The van der Waals surface area contributed by atoms with Gasteiger partial charge in [0.05, 0.1) is 12.8 Å². The number of aryl methyl sites for hydroxylation is 2. The van der Waals surface area contributed by atoms with Gasteiger partial charge < -0.3 is 9.47 Å². The van der Waals surface area contributed by atoms with Crippen LogP contribution in [0.5, 0.6) is 11.5 Å². The molecule has 5 nitrogen and oxygen atoms in total. The normalized spacial score (nSPS) is 17.7. The van der Waals surface area contributed by atoms with Gasteiger partial charge in [-0.05, 0) is 45.4 Å². The zero-order valence-corrected chi connectivity index (χ0v) is 16.0. The second-order valence-electron chi connectivity index (χ2n) is 6.76. The highest BCUT2D eigenvalue weighted by Crippen LogP contribution is 2.30. The van der Waals surface area contributed by atoms with Crippen molar-refractivity contribution in [2.45, 2.75) is 59.9 Å². The smallest absolute Gasteiger partial charge is 0.124 e. The first-order valence-electron chi connectivity index (χ1n) is 9.14. The highest BCUT2D eigenvalue weighted by atomic mass is 16.5. The van der Waals surface area contributed by atoms with E-state index >= 15 is 0 Å². The Bertz CT molecular complexity index is 739. The van der Waals surface area contributed by atoms with Gasteiger partial charge in [-0.25, -0.2) is 0 Å². The highest BCUT2D eigenvalue weighted by Gasteiger charge is 2.24. The molecule has 0 amide bonds. The van der Waals surface area contributed by atoms with Gasteiger partial charge in [-0.2, -0.15) is 5.10 Å². The second-order valence-corrected chi connectivity index (χ2v) is 6.76. The van der Waals surface area contributed by atoms with Gasteiger partial charge in [0, 0.05) is 43.0 Å². The minimum Gasteiger partial charge on any atom is -0.497 e. The molecule has 1 atom stereocenters. The average molecular weight is 343 g/mol. The summed E-state index contributed by atoms with van der Waals surface area (Å²) in [6.45, 7) is 12.2. The van der Waals surface area contributed by atoms with Crippen LogP contribution in [0, 0.1) is 13.8 Å². The molecule has 0 spiro atoms. The number of hydrogen-bond acceptors (Lipinski definition) is 4. The molecule has 1 aromatic heterocycles. The molecular weight excluding hydrogens is 314 g/mol. The Morgan fingerprint density at radius 2 is 2.08 bits per heavy atom. The Morgan fingerprint density at radius 1 is 1.28 bits per heavy atom. The number of methoxy groups -OCH3 is 1. The van der Waals surface area contributed by atoms with Gasteiger partial charge in [-0.15, -0.1) is 0 Å². The molecule has 1 aromatic carbocycles. The summed E-state index contributed by atoms with van der Waals surface area (Å²) in [7, 11) is 1.71. The summed E-state index contributed by atoms with van der Waals surface area (Å²) in [6, 6.07) is 6.10. The average Bonchev–Trinajstić information content (AvgIpc) is 2.80. The molecule has 3 rings (SSSR count). The maximum absolute atomic E-state index is 6.24. The van der Waals surface area contributed by atoms with E-state index in [2.05, 4.69) is 48.4 Å². The lowest BCUT2D eigenvalue weighted by Crippen LogP contribution is -2.32. The van der Waals surface area contributed by atoms with Crippen LogP contribution in [-0.4, -0.2) is 34.4 Å². The Balaban J connectivity index is 1.89. The second kappa shape index (κ2) is 7.48. The van der Waals surface area contributed by atoms with Crippen LogP contribution < -0.4 is 9.47 Å². The molecular formula is C20H29N3O2. The third-order valence-electron chi connectivity index (χ3n) is 5.09. The van der Waals surface area contributed by atoms with Gasteiger partial charge in [0.25, 0.3) is 0 Å². The predicted octanol–water partition coefficient (Wildman–Crippen LogP) is 3.70. The van der Waals surface area contributed by atoms with Crippen molar-refractivity contribution in [1.29, 1.82) is 0 Å². The molecule has 2 aromatic rings. The van der Waals surface area contributed by atoms with Crippen LogP contribution in [0.4, 0.5) is 0 Å². The molecule has 1 aliphatic heterocycles. The first-order chi connectivity index (χ1) is 12.0. The van der Waals surface area contributed by atoms with Crippen LogP contribution in [0.15, 0.2) is 18.2 Å². The molecule has 25 heavy (non-hydrogen) atoms. The van der Waals surface area contributed by atoms with Crippen LogP contribution >= 0.6 is 0 Å². The van der Waals surface area contributed by atoms with Gasteiger partial charge in [0.1, 0.15) is 17.6 Å². The molecule has 0 fully saturated rings. The van der Waals surface area contributed by atoms with Crippen molar-refractivity contribution in [3.8, 4) is 11.5 Å². The number of nitrogens with zero attached hydrogens (tertiary/aromatic N) is 3. The van der Waals surface area contributed by atoms with Crippen LogP contribution in [-0.2, 0) is 19.6 Å². The Hall–Kier alpha value is -2.01. The van der Waals surface area contributed by atoms with Crippen LogP contribution in [0.1, 0.15) is 42.8 Å². The number of ether oxygens (including phenoxy) is 2. The van der Waals surface area contributed by atoms with Crippen LogP contribution in [0.2, 0.25) is 0 Å².